The molecule has 1 aromatic carbocycles. The SMILES string of the molecule is O=C(NCCC(=O)N(Cc1cccs1)Cc1cccs1)Nc1ccccc1. The first-order valence-electron chi connectivity index (χ1n) is 8.63. The number of hydrogen-bond acceptors (Lipinski definition) is 4. The molecule has 5 nitrogen and oxygen atoms in total. The van der Waals surface area contributed by atoms with Gasteiger partial charge in [0.1, 0.15) is 0 Å². The predicted octanol–water partition coefficient (Wildman–Crippen LogP) is 4.55. The summed E-state index contributed by atoms with van der Waals surface area (Å²) in [4.78, 5) is 28.8. The van der Waals surface area contributed by atoms with E-state index in [0.29, 0.717) is 19.6 Å². The molecule has 2 N–H and O–H groups in total. The van der Waals surface area contributed by atoms with Gasteiger partial charge in [0, 0.05) is 28.4 Å². The normalized spacial score (nSPS) is 10.4. The molecule has 27 heavy (non-hydrogen) atoms. The van der Waals surface area contributed by atoms with Crippen molar-refractivity contribution in [3.05, 3.63) is 75.1 Å². The first-order chi connectivity index (χ1) is 13.2. The number of anilines is 1. The zero-order valence-electron chi connectivity index (χ0n) is 14.8. The molecule has 3 rings (SSSR count). The summed E-state index contributed by atoms with van der Waals surface area (Å²) < 4.78 is 0. The minimum absolute atomic E-state index is 0.0248. The van der Waals surface area contributed by atoms with Gasteiger partial charge in [-0.1, -0.05) is 30.3 Å². The quantitative estimate of drug-likeness (QED) is 0.584. The second-order valence-corrected chi connectivity index (χ2v) is 7.97. The second kappa shape index (κ2) is 9.89. The van der Waals surface area contributed by atoms with Crippen LogP contribution in [0.5, 0.6) is 0 Å². The topological polar surface area (TPSA) is 61.4 Å². The highest BCUT2D eigenvalue weighted by atomic mass is 32.1. The van der Waals surface area contributed by atoms with Gasteiger partial charge in [0.15, 0.2) is 0 Å². The largest absolute Gasteiger partial charge is 0.337 e. The van der Waals surface area contributed by atoms with Gasteiger partial charge >= 0.3 is 6.03 Å². The summed E-state index contributed by atoms with van der Waals surface area (Å²) in [6.45, 7) is 1.47. The van der Waals surface area contributed by atoms with Crippen molar-refractivity contribution in [1.82, 2.24) is 10.2 Å². The Balaban J connectivity index is 1.50. The Bertz CT molecular complexity index is 797. The van der Waals surface area contributed by atoms with Crippen LogP contribution in [0.1, 0.15) is 16.2 Å². The highest BCUT2D eigenvalue weighted by molar-refractivity contribution is 7.10. The van der Waals surface area contributed by atoms with Crippen LogP contribution in [0.25, 0.3) is 0 Å². The summed E-state index contributed by atoms with van der Waals surface area (Å²) in [5, 5.41) is 9.51. The average Bonchev–Trinajstić information content (AvgIpc) is 3.36. The van der Waals surface area contributed by atoms with Gasteiger partial charge in [-0.2, -0.15) is 0 Å². The monoisotopic (exact) mass is 399 g/mol. The summed E-state index contributed by atoms with van der Waals surface area (Å²) in [5.41, 5.74) is 0.721. The number of urea groups is 1. The summed E-state index contributed by atoms with van der Waals surface area (Å²) in [6, 6.07) is 17.0. The third-order valence-corrected chi connectivity index (χ3v) is 5.58. The minimum Gasteiger partial charge on any atom is -0.337 e. The first kappa shape index (κ1) is 19.1. The van der Waals surface area contributed by atoms with Crippen molar-refractivity contribution >= 4 is 40.3 Å². The fourth-order valence-corrected chi connectivity index (χ4v) is 3.99. The van der Waals surface area contributed by atoms with Crippen molar-refractivity contribution in [2.24, 2.45) is 0 Å². The summed E-state index contributed by atoms with van der Waals surface area (Å²) in [6.07, 6.45) is 0.263. The zero-order chi connectivity index (χ0) is 18.9. The highest BCUT2D eigenvalue weighted by Gasteiger charge is 2.16. The Morgan fingerprint density at radius 3 is 2.04 bits per heavy atom. The summed E-state index contributed by atoms with van der Waals surface area (Å²) in [5.74, 6) is 0.0248. The molecule has 0 aliphatic carbocycles. The molecule has 0 unspecified atom stereocenters. The zero-order valence-corrected chi connectivity index (χ0v) is 16.4. The van der Waals surface area contributed by atoms with Crippen LogP contribution in [-0.4, -0.2) is 23.4 Å². The lowest BCUT2D eigenvalue weighted by Crippen LogP contribution is -2.35. The molecule has 0 bridgehead atoms. The number of nitrogens with zero attached hydrogens (tertiary/aromatic N) is 1. The number of hydrogen-bond donors (Lipinski definition) is 2. The van der Waals surface area contributed by atoms with Crippen LogP contribution in [0.15, 0.2) is 65.4 Å². The van der Waals surface area contributed by atoms with E-state index in [2.05, 4.69) is 10.6 Å². The number of thiophene rings is 2. The van der Waals surface area contributed by atoms with Crippen molar-refractivity contribution < 1.29 is 9.59 Å². The number of rotatable bonds is 8. The molecule has 0 aliphatic rings. The van der Waals surface area contributed by atoms with Gasteiger partial charge in [-0.05, 0) is 35.0 Å². The molecule has 0 fully saturated rings. The van der Waals surface area contributed by atoms with E-state index in [4.69, 9.17) is 0 Å². The van der Waals surface area contributed by atoms with E-state index in [1.807, 2.05) is 70.3 Å². The van der Waals surface area contributed by atoms with Crippen LogP contribution >= 0.6 is 22.7 Å². The molecule has 0 saturated heterocycles. The first-order valence-corrected chi connectivity index (χ1v) is 10.4. The number of carbonyl (C=O) groups is 2. The van der Waals surface area contributed by atoms with Crippen LogP contribution in [0, 0.1) is 0 Å². The molecule has 0 aliphatic heterocycles. The molecule has 3 amide bonds. The number of carbonyl (C=O) groups excluding carboxylic acids is 2. The van der Waals surface area contributed by atoms with Gasteiger partial charge in [-0.3, -0.25) is 4.79 Å². The standard InChI is InChI=1S/C20H21N3O2S2/c24-19(10-11-21-20(25)22-16-6-2-1-3-7-16)23(14-17-8-4-12-26-17)15-18-9-5-13-27-18/h1-9,12-13H,10-11,14-15H2,(H2,21,22,25). The van der Waals surface area contributed by atoms with Crippen molar-refractivity contribution in [2.45, 2.75) is 19.5 Å². The predicted molar refractivity (Wildman–Crippen MR) is 111 cm³/mol. The van der Waals surface area contributed by atoms with E-state index in [1.165, 1.54) is 0 Å². The molecule has 3 aromatic rings. The molecular formula is C20H21N3O2S2. The Hall–Kier alpha value is -2.64. The van der Waals surface area contributed by atoms with E-state index in [-0.39, 0.29) is 18.4 Å². The van der Waals surface area contributed by atoms with Crippen LogP contribution in [-0.2, 0) is 17.9 Å². The van der Waals surface area contributed by atoms with Crippen LogP contribution in [0.2, 0.25) is 0 Å². The molecule has 7 heteroatoms. The Kier molecular flexibility index (Phi) is 7.01. The van der Waals surface area contributed by atoms with Gasteiger partial charge in [-0.15, -0.1) is 22.7 Å². The molecule has 0 atom stereocenters. The lowest BCUT2D eigenvalue weighted by atomic mass is 10.3. The van der Waals surface area contributed by atoms with Crippen LogP contribution in [0.4, 0.5) is 10.5 Å². The maximum absolute atomic E-state index is 12.7. The molecule has 2 aromatic heterocycles. The number of amides is 3. The van der Waals surface area contributed by atoms with Gasteiger partial charge in [0.05, 0.1) is 13.1 Å². The van der Waals surface area contributed by atoms with Gasteiger partial charge < -0.3 is 15.5 Å². The third kappa shape index (κ3) is 6.23. The molecule has 2 heterocycles. The second-order valence-electron chi connectivity index (χ2n) is 5.91. The fraction of sp³-hybridized carbons (Fsp3) is 0.200. The van der Waals surface area contributed by atoms with Crippen molar-refractivity contribution in [2.75, 3.05) is 11.9 Å². The third-order valence-electron chi connectivity index (χ3n) is 3.86. The Morgan fingerprint density at radius 2 is 1.48 bits per heavy atom. The number of nitrogens with one attached hydrogen (secondary N) is 2. The Morgan fingerprint density at radius 1 is 0.852 bits per heavy atom. The minimum atomic E-state index is -0.308. The smallest absolute Gasteiger partial charge is 0.319 e. The van der Waals surface area contributed by atoms with E-state index < -0.39 is 0 Å². The van der Waals surface area contributed by atoms with E-state index in [0.717, 1.165) is 15.4 Å². The lowest BCUT2D eigenvalue weighted by Gasteiger charge is -2.21. The van der Waals surface area contributed by atoms with Crippen molar-refractivity contribution in [3.8, 4) is 0 Å². The molecular weight excluding hydrogens is 378 g/mol. The van der Waals surface area contributed by atoms with Gasteiger partial charge in [-0.25, -0.2) is 4.79 Å². The van der Waals surface area contributed by atoms with Crippen molar-refractivity contribution in [1.29, 1.82) is 0 Å². The van der Waals surface area contributed by atoms with Gasteiger partial charge in [0.2, 0.25) is 5.91 Å². The van der Waals surface area contributed by atoms with E-state index >= 15 is 0 Å². The van der Waals surface area contributed by atoms with Crippen LogP contribution in [0.3, 0.4) is 0 Å². The lowest BCUT2D eigenvalue weighted by molar-refractivity contribution is -0.132. The molecule has 0 saturated carbocycles. The van der Waals surface area contributed by atoms with Crippen molar-refractivity contribution in [3.63, 3.8) is 0 Å². The van der Waals surface area contributed by atoms with E-state index in [1.54, 1.807) is 22.7 Å². The van der Waals surface area contributed by atoms with Gasteiger partial charge in [0.25, 0.3) is 0 Å². The summed E-state index contributed by atoms with van der Waals surface area (Å²) in [7, 11) is 0. The molecule has 140 valence electrons. The summed E-state index contributed by atoms with van der Waals surface area (Å²) >= 11 is 3.28. The van der Waals surface area contributed by atoms with Crippen LogP contribution < -0.4 is 10.6 Å². The highest BCUT2D eigenvalue weighted by Crippen LogP contribution is 2.17. The maximum atomic E-state index is 12.7. The number of para-hydroxylation sites is 1. The Labute approximate surface area is 166 Å². The maximum Gasteiger partial charge on any atom is 0.319 e. The van der Waals surface area contributed by atoms with E-state index in [9.17, 15) is 9.59 Å². The fourth-order valence-electron chi connectivity index (χ4n) is 2.55. The molecule has 0 radical (unpaired) electrons. The average molecular weight is 400 g/mol. The number of benzene rings is 1. The molecule has 0 spiro atoms.